The molecule has 2 aromatic rings. The molecule has 0 aliphatic carbocycles. The lowest BCUT2D eigenvalue weighted by Crippen LogP contribution is -2.07. The Labute approximate surface area is 112 Å². The Balaban J connectivity index is 2.31. The van der Waals surface area contributed by atoms with E-state index in [0.29, 0.717) is 18.0 Å². The number of anilines is 1. The summed E-state index contributed by atoms with van der Waals surface area (Å²) in [6.07, 6.45) is 0.882. The summed E-state index contributed by atoms with van der Waals surface area (Å²) in [5.74, 6) is 0.369. The third-order valence-electron chi connectivity index (χ3n) is 3.12. The maximum absolute atomic E-state index is 10.4. The van der Waals surface area contributed by atoms with Gasteiger partial charge in [0.2, 0.25) is 0 Å². The van der Waals surface area contributed by atoms with Crippen LogP contribution < -0.4 is 5.73 Å². The van der Waals surface area contributed by atoms with E-state index in [1.807, 2.05) is 37.3 Å². The van der Waals surface area contributed by atoms with Crippen molar-refractivity contribution in [1.82, 2.24) is 4.98 Å². The van der Waals surface area contributed by atoms with Gasteiger partial charge in [0, 0.05) is 18.9 Å². The molecule has 4 nitrogen and oxygen atoms in total. The number of aromatic nitrogens is 1. The monoisotopic (exact) mass is 258 g/mol. The predicted octanol–water partition coefficient (Wildman–Crippen LogP) is 2.20. The number of aryl methyl sites for hydroxylation is 1. The Morgan fingerprint density at radius 3 is 2.53 bits per heavy atom. The van der Waals surface area contributed by atoms with Gasteiger partial charge in [-0.25, -0.2) is 4.98 Å². The summed E-state index contributed by atoms with van der Waals surface area (Å²) in [6.45, 7) is 2.47. The van der Waals surface area contributed by atoms with Crippen molar-refractivity contribution in [3.63, 3.8) is 0 Å². The molecule has 0 fully saturated rings. The number of hydrogen-bond donors (Lipinski definition) is 2. The summed E-state index contributed by atoms with van der Waals surface area (Å²) in [6, 6.07) is 9.47. The molecule has 19 heavy (non-hydrogen) atoms. The molecule has 0 aliphatic heterocycles. The maximum Gasteiger partial charge on any atom is 0.129 e. The standard InChI is InChI=1S/C15H18N2O2/c1-10-7-8-17-15(16)13(10)14(18)12-5-3-11(4-6-12)9-19-2/h3-8,14,18H,9H2,1-2H3,(H2,16,17). The molecule has 0 bridgehead atoms. The number of aliphatic hydroxyl groups is 1. The van der Waals surface area contributed by atoms with Crippen LogP contribution in [0.25, 0.3) is 0 Å². The lowest BCUT2D eigenvalue weighted by atomic mass is 9.97. The van der Waals surface area contributed by atoms with Gasteiger partial charge in [0.15, 0.2) is 0 Å². The Morgan fingerprint density at radius 1 is 1.26 bits per heavy atom. The van der Waals surface area contributed by atoms with E-state index in [-0.39, 0.29) is 0 Å². The zero-order valence-electron chi connectivity index (χ0n) is 11.1. The summed E-state index contributed by atoms with van der Waals surface area (Å²) in [4.78, 5) is 4.03. The number of aliphatic hydroxyl groups excluding tert-OH is 1. The average molecular weight is 258 g/mol. The molecule has 1 unspecified atom stereocenters. The second-order valence-corrected chi connectivity index (χ2v) is 4.50. The predicted molar refractivity (Wildman–Crippen MR) is 74.6 cm³/mol. The number of nitrogens with two attached hydrogens (primary N) is 1. The number of hydrogen-bond acceptors (Lipinski definition) is 4. The van der Waals surface area contributed by atoms with E-state index in [0.717, 1.165) is 16.7 Å². The number of ether oxygens (including phenoxy) is 1. The van der Waals surface area contributed by atoms with Crippen LogP contribution in [-0.2, 0) is 11.3 Å². The van der Waals surface area contributed by atoms with Gasteiger partial charge in [-0.15, -0.1) is 0 Å². The van der Waals surface area contributed by atoms with Gasteiger partial charge in [-0.3, -0.25) is 0 Å². The molecule has 100 valence electrons. The van der Waals surface area contributed by atoms with Crippen LogP contribution in [0.15, 0.2) is 36.5 Å². The third-order valence-corrected chi connectivity index (χ3v) is 3.12. The van der Waals surface area contributed by atoms with Crippen LogP contribution in [0.1, 0.15) is 28.4 Å². The zero-order chi connectivity index (χ0) is 13.8. The SMILES string of the molecule is COCc1ccc(C(O)c2c(C)ccnc2N)cc1. The molecule has 0 radical (unpaired) electrons. The molecule has 1 atom stereocenters. The quantitative estimate of drug-likeness (QED) is 0.882. The molecule has 3 N–H and O–H groups in total. The van der Waals surface area contributed by atoms with Crippen LogP contribution in [-0.4, -0.2) is 17.2 Å². The number of nitrogens with zero attached hydrogens (tertiary/aromatic N) is 1. The van der Waals surface area contributed by atoms with E-state index >= 15 is 0 Å². The van der Waals surface area contributed by atoms with E-state index in [1.54, 1.807) is 13.3 Å². The van der Waals surface area contributed by atoms with Crippen LogP contribution >= 0.6 is 0 Å². The molecule has 0 amide bonds. The number of methoxy groups -OCH3 is 1. The number of rotatable bonds is 4. The molecule has 1 heterocycles. The number of nitrogen functional groups attached to an aromatic ring is 1. The first-order valence-corrected chi connectivity index (χ1v) is 6.10. The molecular weight excluding hydrogens is 240 g/mol. The van der Waals surface area contributed by atoms with Gasteiger partial charge in [-0.1, -0.05) is 24.3 Å². The smallest absolute Gasteiger partial charge is 0.129 e. The lowest BCUT2D eigenvalue weighted by Gasteiger charge is -2.16. The Hall–Kier alpha value is -1.91. The van der Waals surface area contributed by atoms with Gasteiger partial charge in [0.25, 0.3) is 0 Å². The third kappa shape index (κ3) is 2.92. The van der Waals surface area contributed by atoms with Crippen LogP contribution in [0.5, 0.6) is 0 Å². The first kappa shape index (κ1) is 13.5. The zero-order valence-corrected chi connectivity index (χ0v) is 11.1. The van der Waals surface area contributed by atoms with E-state index in [1.165, 1.54) is 0 Å². The van der Waals surface area contributed by atoms with E-state index in [4.69, 9.17) is 10.5 Å². The largest absolute Gasteiger partial charge is 0.384 e. The molecular formula is C15H18N2O2. The minimum Gasteiger partial charge on any atom is -0.384 e. The number of pyridine rings is 1. The molecule has 2 rings (SSSR count). The van der Waals surface area contributed by atoms with Crippen LogP contribution in [0, 0.1) is 6.92 Å². The van der Waals surface area contributed by atoms with Crippen molar-refractivity contribution in [2.75, 3.05) is 12.8 Å². The Morgan fingerprint density at radius 2 is 1.95 bits per heavy atom. The Kier molecular flexibility index (Phi) is 4.14. The van der Waals surface area contributed by atoms with Gasteiger partial charge >= 0.3 is 0 Å². The highest BCUT2D eigenvalue weighted by molar-refractivity contribution is 5.48. The first-order valence-electron chi connectivity index (χ1n) is 6.10. The van der Waals surface area contributed by atoms with Crippen LogP contribution in [0.3, 0.4) is 0 Å². The second kappa shape index (κ2) is 5.82. The van der Waals surface area contributed by atoms with Crippen molar-refractivity contribution >= 4 is 5.82 Å². The van der Waals surface area contributed by atoms with Gasteiger partial charge in [-0.2, -0.15) is 0 Å². The molecule has 4 heteroatoms. The van der Waals surface area contributed by atoms with Crippen molar-refractivity contribution in [1.29, 1.82) is 0 Å². The highest BCUT2D eigenvalue weighted by atomic mass is 16.5. The highest BCUT2D eigenvalue weighted by Gasteiger charge is 2.16. The number of benzene rings is 1. The summed E-state index contributed by atoms with van der Waals surface area (Å²) in [5.41, 5.74) is 9.30. The fraction of sp³-hybridized carbons (Fsp3) is 0.267. The molecule has 1 aromatic heterocycles. The molecule has 1 aromatic carbocycles. The fourth-order valence-electron chi connectivity index (χ4n) is 2.08. The second-order valence-electron chi connectivity index (χ2n) is 4.50. The van der Waals surface area contributed by atoms with Crippen molar-refractivity contribution < 1.29 is 9.84 Å². The fourth-order valence-corrected chi connectivity index (χ4v) is 2.08. The van der Waals surface area contributed by atoms with Crippen molar-refractivity contribution in [2.45, 2.75) is 19.6 Å². The maximum atomic E-state index is 10.4. The minimum atomic E-state index is -0.759. The average Bonchev–Trinajstić information content (AvgIpc) is 2.39. The topological polar surface area (TPSA) is 68.4 Å². The van der Waals surface area contributed by atoms with Crippen molar-refractivity contribution in [2.24, 2.45) is 0 Å². The van der Waals surface area contributed by atoms with Gasteiger partial charge in [0.05, 0.1) is 6.61 Å². The van der Waals surface area contributed by atoms with Crippen molar-refractivity contribution in [3.05, 3.63) is 58.8 Å². The minimum absolute atomic E-state index is 0.369. The molecule has 0 saturated carbocycles. The van der Waals surface area contributed by atoms with Gasteiger partial charge in [0.1, 0.15) is 11.9 Å². The van der Waals surface area contributed by atoms with Crippen molar-refractivity contribution in [3.8, 4) is 0 Å². The van der Waals surface area contributed by atoms with Gasteiger partial charge in [-0.05, 0) is 29.7 Å². The summed E-state index contributed by atoms with van der Waals surface area (Å²) >= 11 is 0. The Bertz CT molecular complexity index is 532. The summed E-state index contributed by atoms with van der Waals surface area (Å²) in [7, 11) is 1.66. The highest BCUT2D eigenvalue weighted by Crippen LogP contribution is 2.28. The van der Waals surface area contributed by atoms with E-state index in [2.05, 4.69) is 4.98 Å². The summed E-state index contributed by atoms with van der Waals surface area (Å²) < 4.78 is 5.06. The normalized spacial score (nSPS) is 12.4. The lowest BCUT2D eigenvalue weighted by molar-refractivity contribution is 0.184. The molecule has 0 saturated heterocycles. The first-order chi connectivity index (χ1) is 9.13. The van der Waals surface area contributed by atoms with Crippen LogP contribution in [0.2, 0.25) is 0 Å². The summed E-state index contributed by atoms with van der Waals surface area (Å²) in [5, 5.41) is 10.4. The molecule has 0 aliphatic rings. The molecule has 0 spiro atoms. The van der Waals surface area contributed by atoms with E-state index < -0.39 is 6.10 Å². The van der Waals surface area contributed by atoms with Crippen LogP contribution in [0.4, 0.5) is 5.82 Å². The van der Waals surface area contributed by atoms with E-state index in [9.17, 15) is 5.11 Å². The van der Waals surface area contributed by atoms with Gasteiger partial charge < -0.3 is 15.6 Å².